The SMILES string of the molecule is O=C1CC(C(=O)NCc2cc[nH]c2)CN1. The molecule has 2 amide bonds. The maximum absolute atomic E-state index is 11.6. The Morgan fingerprint density at radius 3 is 3.07 bits per heavy atom. The van der Waals surface area contributed by atoms with Crippen LogP contribution in [0.1, 0.15) is 12.0 Å². The largest absolute Gasteiger partial charge is 0.367 e. The second kappa shape index (κ2) is 4.16. The summed E-state index contributed by atoms with van der Waals surface area (Å²) in [6, 6.07) is 1.90. The zero-order chi connectivity index (χ0) is 10.7. The van der Waals surface area contributed by atoms with Crippen LogP contribution in [0.3, 0.4) is 0 Å². The fourth-order valence-electron chi connectivity index (χ4n) is 1.59. The lowest BCUT2D eigenvalue weighted by atomic mass is 10.1. The number of aromatic amines is 1. The van der Waals surface area contributed by atoms with Gasteiger partial charge in [-0.05, 0) is 11.6 Å². The summed E-state index contributed by atoms with van der Waals surface area (Å²) in [7, 11) is 0. The Morgan fingerprint density at radius 1 is 1.60 bits per heavy atom. The van der Waals surface area contributed by atoms with Crippen LogP contribution in [0, 0.1) is 5.92 Å². The third-order valence-electron chi connectivity index (χ3n) is 2.48. The predicted molar refractivity (Wildman–Crippen MR) is 53.8 cm³/mol. The fraction of sp³-hybridized carbons (Fsp3) is 0.400. The van der Waals surface area contributed by atoms with Crippen molar-refractivity contribution in [2.75, 3.05) is 6.54 Å². The van der Waals surface area contributed by atoms with Gasteiger partial charge in [-0.25, -0.2) is 0 Å². The first kappa shape index (κ1) is 9.76. The van der Waals surface area contributed by atoms with Gasteiger partial charge in [0, 0.05) is 31.9 Å². The molecule has 1 unspecified atom stereocenters. The number of amides is 2. The van der Waals surface area contributed by atoms with Gasteiger partial charge in [-0.15, -0.1) is 0 Å². The molecule has 0 spiro atoms. The van der Waals surface area contributed by atoms with Gasteiger partial charge < -0.3 is 15.6 Å². The molecular formula is C10H13N3O2. The van der Waals surface area contributed by atoms with E-state index in [-0.39, 0.29) is 17.7 Å². The Labute approximate surface area is 87.2 Å². The maximum Gasteiger partial charge on any atom is 0.225 e. The van der Waals surface area contributed by atoms with Gasteiger partial charge in [-0.3, -0.25) is 9.59 Å². The molecule has 1 aromatic rings. The first-order valence-electron chi connectivity index (χ1n) is 4.92. The molecule has 0 bridgehead atoms. The van der Waals surface area contributed by atoms with Crippen molar-refractivity contribution in [3.05, 3.63) is 24.0 Å². The molecule has 1 saturated heterocycles. The number of hydrogen-bond acceptors (Lipinski definition) is 2. The molecule has 1 aliphatic rings. The van der Waals surface area contributed by atoms with Gasteiger partial charge in [0.15, 0.2) is 0 Å². The average molecular weight is 207 g/mol. The topological polar surface area (TPSA) is 74.0 Å². The first-order valence-corrected chi connectivity index (χ1v) is 4.92. The number of aromatic nitrogens is 1. The van der Waals surface area contributed by atoms with Gasteiger partial charge >= 0.3 is 0 Å². The molecule has 2 rings (SSSR count). The van der Waals surface area contributed by atoms with E-state index in [1.165, 1.54) is 0 Å². The molecule has 80 valence electrons. The second-order valence-electron chi connectivity index (χ2n) is 3.64. The lowest BCUT2D eigenvalue weighted by Crippen LogP contribution is -2.31. The molecule has 5 nitrogen and oxygen atoms in total. The van der Waals surface area contributed by atoms with E-state index >= 15 is 0 Å². The minimum absolute atomic E-state index is 0.0446. The third-order valence-corrected chi connectivity index (χ3v) is 2.48. The van der Waals surface area contributed by atoms with E-state index in [0.29, 0.717) is 19.5 Å². The van der Waals surface area contributed by atoms with Crippen molar-refractivity contribution in [2.24, 2.45) is 5.92 Å². The lowest BCUT2D eigenvalue weighted by Gasteiger charge is -2.07. The summed E-state index contributed by atoms with van der Waals surface area (Å²) < 4.78 is 0. The summed E-state index contributed by atoms with van der Waals surface area (Å²) >= 11 is 0. The van der Waals surface area contributed by atoms with Gasteiger partial charge in [-0.2, -0.15) is 0 Å². The molecule has 1 aliphatic heterocycles. The first-order chi connectivity index (χ1) is 7.25. The smallest absolute Gasteiger partial charge is 0.225 e. The van der Waals surface area contributed by atoms with Gasteiger partial charge in [-0.1, -0.05) is 0 Å². The Bertz CT molecular complexity index is 359. The molecular weight excluding hydrogens is 194 g/mol. The third kappa shape index (κ3) is 2.37. The standard InChI is InChI=1S/C10H13N3O2/c14-9-3-8(6-12-9)10(15)13-5-7-1-2-11-4-7/h1-2,4,8,11H,3,5-6H2,(H,12,14)(H,13,15). The van der Waals surface area contributed by atoms with Crippen molar-refractivity contribution < 1.29 is 9.59 Å². The number of nitrogens with one attached hydrogen (secondary N) is 3. The number of carbonyl (C=O) groups excluding carboxylic acids is 2. The van der Waals surface area contributed by atoms with Gasteiger partial charge in [0.25, 0.3) is 0 Å². The predicted octanol–water partition coefficient (Wildman–Crippen LogP) is -0.233. The summed E-state index contributed by atoms with van der Waals surface area (Å²) in [5, 5.41) is 5.43. The minimum Gasteiger partial charge on any atom is -0.367 e. The summed E-state index contributed by atoms with van der Waals surface area (Å²) in [4.78, 5) is 25.4. The molecule has 0 radical (unpaired) electrons. The number of rotatable bonds is 3. The molecule has 0 aliphatic carbocycles. The normalized spacial score (nSPS) is 20.0. The molecule has 0 aromatic carbocycles. The van der Waals surface area contributed by atoms with Crippen LogP contribution in [-0.4, -0.2) is 23.3 Å². The average Bonchev–Trinajstić information content (AvgIpc) is 2.84. The van der Waals surface area contributed by atoms with Crippen molar-refractivity contribution in [2.45, 2.75) is 13.0 Å². The van der Waals surface area contributed by atoms with E-state index in [2.05, 4.69) is 15.6 Å². The van der Waals surface area contributed by atoms with Crippen LogP contribution in [0.15, 0.2) is 18.5 Å². The summed E-state index contributed by atoms with van der Waals surface area (Å²) in [6.45, 7) is 0.963. The molecule has 1 aromatic heterocycles. The summed E-state index contributed by atoms with van der Waals surface area (Å²) in [5.41, 5.74) is 1.03. The number of carbonyl (C=O) groups is 2. The molecule has 1 fully saturated rings. The quantitative estimate of drug-likeness (QED) is 0.640. The van der Waals surface area contributed by atoms with Gasteiger partial charge in [0.1, 0.15) is 0 Å². The molecule has 0 saturated carbocycles. The molecule has 2 heterocycles. The van der Waals surface area contributed by atoms with Crippen molar-refractivity contribution in [1.29, 1.82) is 0 Å². The van der Waals surface area contributed by atoms with E-state index in [1.807, 2.05) is 18.5 Å². The van der Waals surface area contributed by atoms with Crippen LogP contribution >= 0.6 is 0 Å². The van der Waals surface area contributed by atoms with E-state index in [0.717, 1.165) is 5.56 Å². The molecule has 15 heavy (non-hydrogen) atoms. The van der Waals surface area contributed by atoms with Crippen LogP contribution in [0.25, 0.3) is 0 Å². The fourth-order valence-corrected chi connectivity index (χ4v) is 1.59. The Morgan fingerprint density at radius 2 is 2.47 bits per heavy atom. The van der Waals surface area contributed by atoms with Crippen molar-refractivity contribution in [3.8, 4) is 0 Å². The van der Waals surface area contributed by atoms with Crippen LogP contribution < -0.4 is 10.6 Å². The molecule has 3 N–H and O–H groups in total. The van der Waals surface area contributed by atoms with Crippen molar-refractivity contribution >= 4 is 11.8 Å². The highest BCUT2D eigenvalue weighted by Gasteiger charge is 2.27. The van der Waals surface area contributed by atoms with Crippen LogP contribution in [0.2, 0.25) is 0 Å². The minimum atomic E-state index is -0.212. The van der Waals surface area contributed by atoms with Crippen LogP contribution in [-0.2, 0) is 16.1 Å². The van der Waals surface area contributed by atoms with Crippen LogP contribution in [0.5, 0.6) is 0 Å². The van der Waals surface area contributed by atoms with Crippen molar-refractivity contribution in [1.82, 2.24) is 15.6 Å². The monoisotopic (exact) mass is 207 g/mol. The van der Waals surface area contributed by atoms with E-state index in [9.17, 15) is 9.59 Å². The maximum atomic E-state index is 11.6. The summed E-state index contributed by atoms with van der Waals surface area (Å²) in [5.74, 6) is -0.317. The number of H-pyrrole nitrogens is 1. The van der Waals surface area contributed by atoms with E-state index in [1.54, 1.807) is 0 Å². The Kier molecular flexibility index (Phi) is 2.71. The van der Waals surface area contributed by atoms with E-state index < -0.39 is 0 Å². The van der Waals surface area contributed by atoms with Gasteiger partial charge in [0.2, 0.25) is 11.8 Å². The second-order valence-corrected chi connectivity index (χ2v) is 3.64. The van der Waals surface area contributed by atoms with Crippen molar-refractivity contribution in [3.63, 3.8) is 0 Å². The van der Waals surface area contributed by atoms with Gasteiger partial charge in [0.05, 0.1) is 5.92 Å². The van der Waals surface area contributed by atoms with Crippen LogP contribution in [0.4, 0.5) is 0 Å². The van der Waals surface area contributed by atoms with E-state index in [4.69, 9.17) is 0 Å². The molecule has 5 heteroatoms. The number of hydrogen-bond donors (Lipinski definition) is 3. The molecule has 1 atom stereocenters. The highest BCUT2D eigenvalue weighted by Crippen LogP contribution is 2.08. The summed E-state index contributed by atoms with van der Waals surface area (Å²) in [6.07, 6.45) is 3.94. The highest BCUT2D eigenvalue weighted by molar-refractivity contribution is 5.89. The lowest BCUT2D eigenvalue weighted by molar-refractivity contribution is -0.126. The zero-order valence-electron chi connectivity index (χ0n) is 8.25. The zero-order valence-corrected chi connectivity index (χ0v) is 8.25. The Balaban J connectivity index is 1.80. The Hall–Kier alpha value is -1.78. The highest BCUT2D eigenvalue weighted by atomic mass is 16.2.